The lowest BCUT2D eigenvalue weighted by Crippen LogP contribution is -2.50. The van der Waals surface area contributed by atoms with Gasteiger partial charge in [0, 0.05) is 51.0 Å². The zero-order valence-corrected chi connectivity index (χ0v) is 24.9. The van der Waals surface area contributed by atoms with Crippen LogP contribution in [0.25, 0.3) is 11.4 Å². The number of halogens is 2. The molecule has 0 saturated carbocycles. The third-order valence-electron chi connectivity index (χ3n) is 7.17. The van der Waals surface area contributed by atoms with E-state index in [0.29, 0.717) is 51.6 Å². The van der Waals surface area contributed by atoms with E-state index in [1.54, 1.807) is 26.2 Å². The van der Waals surface area contributed by atoms with Crippen molar-refractivity contribution in [1.29, 1.82) is 0 Å². The average molecular weight is 608 g/mol. The summed E-state index contributed by atoms with van der Waals surface area (Å²) in [5.74, 6) is 0.199. The molecule has 3 N–H and O–H groups in total. The molecule has 5 heterocycles. The maximum absolute atomic E-state index is 12.9. The summed E-state index contributed by atoms with van der Waals surface area (Å²) in [5.41, 5.74) is 1.91. The molecule has 0 radical (unpaired) electrons. The molecule has 214 valence electrons. The Morgan fingerprint density at radius 2 is 1.93 bits per heavy atom. The molecule has 2 aliphatic rings. The molecule has 2 fully saturated rings. The molecular weight excluding hydrogens is 575 g/mol. The van der Waals surface area contributed by atoms with Crippen molar-refractivity contribution in [1.82, 2.24) is 30.6 Å². The Morgan fingerprint density at radius 1 is 1.15 bits per heavy atom. The molecule has 3 aromatic heterocycles. The minimum Gasteiger partial charge on any atom is -0.462 e. The Balaban J connectivity index is 1.32. The zero-order chi connectivity index (χ0) is 28.4. The Kier molecular flexibility index (Phi) is 8.79. The first kappa shape index (κ1) is 28.6. The Labute approximate surface area is 246 Å². The van der Waals surface area contributed by atoms with Gasteiger partial charge in [0.05, 0.1) is 29.0 Å². The van der Waals surface area contributed by atoms with Crippen LogP contribution in [-0.4, -0.2) is 83.7 Å². The van der Waals surface area contributed by atoms with Gasteiger partial charge >= 0.3 is 5.97 Å². The molecule has 0 aromatic carbocycles. The van der Waals surface area contributed by atoms with E-state index in [1.807, 2.05) is 0 Å². The van der Waals surface area contributed by atoms with Gasteiger partial charge in [0.25, 0.3) is 5.91 Å². The van der Waals surface area contributed by atoms with Crippen molar-refractivity contribution in [3.63, 3.8) is 0 Å². The molecule has 0 aliphatic carbocycles. The van der Waals surface area contributed by atoms with Gasteiger partial charge in [0.15, 0.2) is 5.13 Å². The summed E-state index contributed by atoms with van der Waals surface area (Å²) < 4.78 is 5.33. The highest BCUT2D eigenvalue weighted by atomic mass is 35.5. The molecular formula is C26H32Cl2N8O3S. The first-order chi connectivity index (χ1) is 19.3. The molecule has 3 aromatic rings. The third kappa shape index (κ3) is 5.90. The molecule has 2 atom stereocenters. The predicted molar refractivity (Wildman–Crippen MR) is 157 cm³/mol. The first-order valence-corrected chi connectivity index (χ1v) is 14.9. The fourth-order valence-corrected chi connectivity index (χ4v) is 6.38. The van der Waals surface area contributed by atoms with Crippen LogP contribution in [0.4, 0.5) is 10.9 Å². The van der Waals surface area contributed by atoms with E-state index < -0.39 is 5.97 Å². The number of hydrogen-bond acceptors (Lipinski definition) is 10. The van der Waals surface area contributed by atoms with Gasteiger partial charge in [-0.3, -0.25) is 4.79 Å². The Hall–Kier alpha value is -2.93. The van der Waals surface area contributed by atoms with Crippen LogP contribution in [0, 0.1) is 12.8 Å². The number of aromatic nitrogens is 4. The molecule has 0 bridgehead atoms. The van der Waals surface area contributed by atoms with Gasteiger partial charge in [-0.15, -0.1) is 0 Å². The number of nitrogens with one attached hydrogen (secondary N) is 3. The van der Waals surface area contributed by atoms with Crippen LogP contribution < -0.4 is 20.4 Å². The normalized spacial score (nSPS) is 19.5. The highest BCUT2D eigenvalue weighted by Crippen LogP contribution is 2.35. The highest BCUT2D eigenvalue weighted by Gasteiger charge is 2.32. The van der Waals surface area contributed by atoms with Gasteiger partial charge in [-0.25, -0.2) is 19.7 Å². The molecule has 0 spiro atoms. The van der Waals surface area contributed by atoms with Crippen LogP contribution in [0.1, 0.15) is 46.1 Å². The number of aryl methyl sites for hydroxylation is 1. The van der Waals surface area contributed by atoms with Gasteiger partial charge in [-0.1, -0.05) is 41.5 Å². The van der Waals surface area contributed by atoms with E-state index in [4.69, 9.17) is 32.9 Å². The van der Waals surface area contributed by atoms with Crippen molar-refractivity contribution in [2.75, 3.05) is 55.7 Å². The standard InChI is InChI=1S/C26H32Cl2N8O3S/c1-4-39-25(38)23-21(17-11-31-18(12-30-17)35-9-6-29-7-10-35)34-26(40-23)36-8-5-16(14(2)13-36)33-24(37)22-20(28)19(27)15(3)32-22/h11-12,14,16,29,32H,4-10,13H2,1-3H3,(H,33,37)/t14-,16+/m0/s1. The topological polar surface area (TPSA) is 128 Å². The molecule has 40 heavy (non-hydrogen) atoms. The number of rotatable bonds is 7. The highest BCUT2D eigenvalue weighted by molar-refractivity contribution is 7.17. The first-order valence-electron chi connectivity index (χ1n) is 13.3. The summed E-state index contributed by atoms with van der Waals surface area (Å²) in [7, 11) is 0. The lowest BCUT2D eigenvalue weighted by Gasteiger charge is -2.37. The number of amides is 1. The molecule has 11 nitrogen and oxygen atoms in total. The number of nitrogens with zero attached hydrogens (tertiary/aromatic N) is 5. The molecule has 0 unspecified atom stereocenters. The molecule has 14 heteroatoms. The second kappa shape index (κ2) is 12.3. The summed E-state index contributed by atoms with van der Waals surface area (Å²) in [6.07, 6.45) is 4.10. The van der Waals surface area contributed by atoms with E-state index in [0.717, 1.165) is 32.0 Å². The van der Waals surface area contributed by atoms with E-state index >= 15 is 0 Å². The van der Waals surface area contributed by atoms with Gasteiger partial charge in [-0.2, -0.15) is 0 Å². The Morgan fingerprint density at radius 3 is 2.55 bits per heavy atom. The van der Waals surface area contributed by atoms with Gasteiger partial charge < -0.3 is 30.2 Å². The molecule has 2 aliphatic heterocycles. The number of thiazole rings is 1. The number of hydrogen-bond donors (Lipinski definition) is 3. The van der Waals surface area contributed by atoms with Crippen molar-refractivity contribution >= 4 is 57.4 Å². The smallest absolute Gasteiger partial charge is 0.350 e. The summed E-state index contributed by atoms with van der Waals surface area (Å²) in [6.45, 7) is 10.7. The van der Waals surface area contributed by atoms with Crippen LogP contribution in [0.5, 0.6) is 0 Å². The van der Waals surface area contributed by atoms with Crippen LogP contribution >= 0.6 is 34.5 Å². The van der Waals surface area contributed by atoms with E-state index in [-0.39, 0.29) is 35.2 Å². The quantitative estimate of drug-likeness (QED) is 0.344. The van der Waals surface area contributed by atoms with Crippen LogP contribution in [0.2, 0.25) is 10.0 Å². The summed E-state index contributed by atoms with van der Waals surface area (Å²) in [6, 6.07) is -0.0606. The zero-order valence-electron chi connectivity index (χ0n) is 22.6. The Bertz CT molecular complexity index is 1370. The summed E-state index contributed by atoms with van der Waals surface area (Å²) in [4.78, 5) is 47.5. The minimum atomic E-state index is -0.429. The van der Waals surface area contributed by atoms with Crippen LogP contribution in [-0.2, 0) is 4.74 Å². The minimum absolute atomic E-state index is 0.0606. The number of aromatic amines is 1. The second-order valence-corrected chi connectivity index (χ2v) is 11.7. The van der Waals surface area contributed by atoms with Crippen molar-refractivity contribution in [3.8, 4) is 11.4 Å². The number of ether oxygens (including phenoxy) is 1. The summed E-state index contributed by atoms with van der Waals surface area (Å²) >= 11 is 13.7. The number of carbonyl (C=O) groups is 2. The van der Waals surface area contributed by atoms with Crippen molar-refractivity contribution < 1.29 is 14.3 Å². The van der Waals surface area contributed by atoms with Crippen molar-refractivity contribution in [2.24, 2.45) is 5.92 Å². The van der Waals surface area contributed by atoms with Gasteiger partial charge in [-0.05, 0) is 26.2 Å². The molecule has 5 rings (SSSR count). The van der Waals surface area contributed by atoms with Crippen molar-refractivity contribution in [2.45, 2.75) is 33.2 Å². The lowest BCUT2D eigenvalue weighted by molar-refractivity contribution is 0.0532. The second-order valence-electron chi connectivity index (χ2n) is 9.94. The number of esters is 1. The molecule has 2 saturated heterocycles. The summed E-state index contributed by atoms with van der Waals surface area (Å²) in [5, 5.41) is 7.71. The van der Waals surface area contributed by atoms with E-state index in [9.17, 15) is 9.59 Å². The van der Waals surface area contributed by atoms with Crippen molar-refractivity contribution in [3.05, 3.63) is 38.7 Å². The third-order valence-corrected chi connectivity index (χ3v) is 9.22. The van der Waals surface area contributed by atoms with Gasteiger partial charge in [0.2, 0.25) is 0 Å². The largest absolute Gasteiger partial charge is 0.462 e. The fraction of sp³-hybridized carbons (Fsp3) is 0.500. The fourth-order valence-electron chi connectivity index (χ4n) is 4.96. The van der Waals surface area contributed by atoms with E-state index in [1.165, 1.54) is 11.3 Å². The average Bonchev–Trinajstić information content (AvgIpc) is 3.52. The molecule has 1 amide bonds. The number of piperazine rings is 1. The number of carbonyl (C=O) groups excluding carboxylic acids is 2. The number of anilines is 2. The van der Waals surface area contributed by atoms with Gasteiger partial charge in [0.1, 0.15) is 27.8 Å². The predicted octanol–water partition coefficient (Wildman–Crippen LogP) is 3.77. The number of piperidine rings is 1. The number of H-pyrrole nitrogens is 1. The van der Waals surface area contributed by atoms with Crippen LogP contribution in [0.3, 0.4) is 0 Å². The van der Waals surface area contributed by atoms with Crippen LogP contribution in [0.15, 0.2) is 12.4 Å². The maximum Gasteiger partial charge on any atom is 0.350 e. The SMILES string of the molecule is CCOC(=O)c1sc(N2CC[C@@H](NC(=O)c3[nH]c(C)c(Cl)c3Cl)[C@@H](C)C2)nc1-c1cnc(N2CCNCC2)cn1. The van der Waals surface area contributed by atoms with E-state index in [2.05, 4.69) is 42.3 Å². The maximum atomic E-state index is 12.9. The monoisotopic (exact) mass is 606 g/mol. The lowest BCUT2D eigenvalue weighted by atomic mass is 9.94.